The van der Waals surface area contributed by atoms with Gasteiger partial charge in [-0.25, -0.2) is 0 Å². The summed E-state index contributed by atoms with van der Waals surface area (Å²) in [7, 11) is -9.93. The molecule has 0 aliphatic heterocycles. The van der Waals surface area contributed by atoms with Gasteiger partial charge in [0.05, 0.1) is 6.07 Å². The topological polar surface area (TPSA) is 123 Å². The molecular formula is C12H16N2O6P2+2. The second kappa shape index (κ2) is 6.38. The van der Waals surface area contributed by atoms with Crippen molar-refractivity contribution in [3.8, 4) is 5.82 Å². The molecule has 2 rings (SSSR count). The number of hydrogen-bond donors (Lipinski definition) is 4. The highest BCUT2D eigenvalue weighted by Gasteiger charge is 2.47. The fourth-order valence-electron chi connectivity index (χ4n) is 1.99. The number of hydrogen-bond acceptors (Lipinski definition) is 2. The van der Waals surface area contributed by atoms with E-state index in [9.17, 15) is 28.7 Å². The molecule has 2 aromatic rings. The van der Waals surface area contributed by atoms with E-state index in [4.69, 9.17) is 0 Å². The molecule has 10 heteroatoms. The van der Waals surface area contributed by atoms with Crippen LogP contribution in [0.15, 0.2) is 55.0 Å². The molecule has 2 aromatic heterocycles. The highest BCUT2D eigenvalue weighted by Crippen LogP contribution is 2.59. The van der Waals surface area contributed by atoms with Gasteiger partial charge in [-0.15, -0.1) is 9.13 Å². The molecule has 0 aliphatic rings. The van der Waals surface area contributed by atoms with E-state index in [-0.39, 0.29) is 0 Å². The zero-order valence-electron chi connectivity index (χ0n) is 11.4. The molecule has 0 amide bonds. The molecule has 0 saturated heterocycles. The van der Waals surface area contributed by atoms with Crippen LogP contribution in [0.3, 0.4) is 0 Å². The Balaban J connectivity index is 2.46. The first kappa shape index (κ1) is 17.0. The first-order chi connectivity index (χ1) is 10.2. The maximum atomic E-state index is 11.4. The Kier molecular flexibility index (Phi) is 4.92. The SMILES string of the molecule is O=P(O)(O)C(C[n+]1ccccc1-[n+]1ccccc1)P(=O)(O)O. The molecule has 22 heavy (non-hydrogen) atoms. The second-order valence-electron chi connectivity index (χ2n) is 4.65. The summed E-state index contributed by atoms with van der Waals surface area (Å²) in [5.41, 5.74) is 0. The minimum absolute atomic E-state index is 0.507. The van der Waals surface area contributed by atoms with Crippen LogP contribution < -0.4 is 9.13 Å². The van der Waals surface area contributed by atoms with Gasteiger partial charge in [0.2, 0.25) is 5.40 Å². The van der Waals surface area contributed by atoms with E-state index < -0.39 is 27.1 Å². The first-order valence-corrected chi connectivity index (χ1v) is 9.61. The molecule has 0 saturated carbocycles. The molecule has 0 unspecified atom stereocenters. The smallest absolute Gasteiger partial charge is 0.324 e. The lowest BCUT2D eigenvalue weighted by Gasteiger charge is -2.16. The van der Waals surface area contributed by atoms with Crippen LogP contribution in [0.5, 0.6) is 0 Å². The van der Waals surface area contributed by atoms with Crippen molar-refractivity contribution in [2.24, 2.45) is 0 Å². The fourth-order valence-corrected chi connectivity index (χ4v) is 4.34. The number of pyridine rings is 2. The molecule has 0 spiro atoms. The summed E-state index contributed by atoms with van der Waals surface area (Å²) in [6.07, 6.45) is 4.94. The maximum Gasteiger partial charge on any atom is 0.449 e. The van der Waals surface area contributed by atoms with Crippen molar-refractivity contribution in [1.82, 2.24) is 0 Å². The normalized spacial score (nSPS) is 12.6. The summed E-state index contributed by atoms with van der Waals surface area (Å²) in [4.78, 5) is 36.9. The van der Waals surface area contributed by atoms with E-state index in [1.807, 2.05) is 0 Å². The minimum Gasteiger partial charge on any atom is -0.324 e. The Morgan fingerprint density at radius 1 is 0.864 bits per heavy atom. The quantitative estimate of drug-likeness (QED) is 0.444. The van der Waals surface area contributed by atoms with Crippen molar-refractivity contribution in [3.05, 3.63) is 55.0 Å². The van der Waals surface area contributed by atoms with Crippen LogP contribution in [0.4, 0.5) is 0 Å². The summed E-state index contributed by atoms with van der Waals surface area (Å²) in [6, 6.07) is 10.3. The Bertz CT molecular complexity index is 720. The van der Waals surface area contributed by atoms with Gasteiger partial charge in [0.15, 0.2) is 25.1 Å². The summed E-state index contributed by atoms with van der Waals surface area (Å²) in [5.74, 6) is 0.523. The van der Waals surface area contributed by atoms with Crippen molar-refractivity contribution in [2.45, 2.75) is 11.9 Å². The van der Waals surface area contributed by atoms with Crippen molar-refractivity contribution >= 4 is 15.2 Å². The molecule has 0 aliphatic carbocycles. The van der Waals surface area contributed by atoms with Gasteiger partial charge in [0.1, 0.15) is 0 Å². The molecule has 2 heterocycles. The highest BCUT2D eigenvalue weighted by molar-refractivity contribution is 7.70. The predicted octanol–water partition coefficient (Wildman–Crippen LogP) is -0.0677. The second-order valence-corrected chi connectivity index (χ2v) is 8.66. The summed E-state index contributed by atoms with van der Waals surface area (Å²) >= 11 is 0. The lowest BCUT2D eigenvalue weighted by Crippen LogP contribution is -2.50. The first-order valence-electron chi connectivity index (χ1n) is 6.25. The summed E-state index contributed by atoms with van der Waals surface area (Å²) in [6.45, 7) is -0.507. The standard InChI is InChI=1S/C12H14N2O6P2/c15-21(16,17)12(22(18,19)20)10-14-9-5-2-6-11(14)13-7-3-1-4-8-13/h1-9,12H,10H2,(H2-2,15,16,17,18,19,20)/p+2. The third-order valence-electron chi connectivity index (χ3n) is 3.03. The minimum atomic E-state index is -4.97. The zero-order chi connectivity index (χ0) is 16.4. The van der Waals surface area contributed by atoms with E-state index in [0.29, 0.717) is 5.82 Å². The maximum absolute atomic E-state index is 11.4. The Morgan fingerprint density at radius 2 is 1.41 bits per heavy atom. The Labute approximate surface area is 126 Å². The number of rotatable bonds is 5. The van der Waals surface area contributed by atoms with Gasteiger partial charge in [0, 0.05) is 18.2 Å². The zero-order valence-corrected chi connectivity index (χ0v) is 13.2. The number of aromatic nitrogens is 2. The van der Waals surface area contributed by atoms with Crippen molar-refractivity contribution in [1.29, 1.82) is 0 Å². The molecule has 118 valence electrons. The van der Waals surface area contributed by atoms with Gasteiger partial charge in [0.25, 0.3) is 0 Å². The molecule has 0 radical (unpaired) electrons. The molecular weight excluding hydrogens is 330 g/mol. The lowest BCUT2D eigenvalue weighted by molar-refractivity contribution is -0.791. The number of nitrogens with zero attached hydrogens (tertiary/aromatic N) is 2. The van der Waals surface area contributed by atoms with Crippen LogP contribution >= 0.6 is 15.2 Å². The van der Waals surface area contributed by atoms with Gasteiger partial charge >= 0.3 is 21.0 Å². The van der Waals surface area contributed by atoms with Crippen molar-refractivity contribution in [3.63, 3.8) is 0 Å². The van der Waals surface area contributed by atoms with Crippen LogP contribution in [-0.4, -0.2) is 25.0 Å². The predicted molar refractivity (Wildman–Crippen MR) is 76.0 cm³/mol. The van der Waals surface area contributed by atoms with Crippen LogP contribution in [-0.2, 0) is 15.7 Å². The third kappa shape index (κ3) is 4.08. The molecule has 0 fully saturated rings. The van der Waals surface area contributed by atoms with E-state index in [2.05, 4.69) is 0 Å². The van der Waals surface area contributed by atoms with E-state index in [1.165, 1.54) is 10.8 Å². The van der Waals surface area contributed by atoms with E-state index >= 15 is 0 Å². The highest BCUT2D eigenvalue weighted by atomic mass is 31.2. The largest absolute Gasteiger partial charge is 0.449 e. The average Bonchev–Trinajstić information content (AvgIpc) is 2.43. The van der Waals surface area contributed by atoms with Crippen LogP contribution in [0, 0.1) is 0 Å². The Morgan fingerprint density at radius 3 is 1.95 bits per heavy atom. The van der Waals surface area contributed by atoms with Gasteiger partial charge in [-0.3, -0.25) is 9.13 Å². The Hall–Kier alpha value is -1.40. The van der Waals surface area contributed by atoms with E-state index in [1.54, 1.807) is 53.4 Å². The van der Waals surface area contributed by atoms with E-state index in [0.717, 1.165) is 0 Å². The van der Waals surface area contributed by atoms with Crippen molar-refractivity contribution < 1.29 is 37.8 Å². The van der Waals surface area contributed by atoms with Gasteiger partial charge in [-0.1, -0.05) is 6.07 Å². The van der Waals surface area contributed by atoms with Crippen LogP contribution in [0.2, 0.25) is 0 Å². The van der Waals surface area contributed by atoms with Gasteiger partial charge in [-0.2, -0.15) is 0 Å². The average molecular weight is 346 g/mol. The summed E-state index contributed by atoms with van der Waals surface area (Å²) in [5, 5.41) is -2.09. The lowest BCUT2D eigenvalue weighted by atomic mass is 10.4. The third-order valence-corrected chi connectivity index (χ3v) is 6.72. The molecule has 0 aromatic carbocycles. The fraction of sp³-hybridized carbons (Fsp3) is 0.167. The molecule has 0 atom stereocenters. The van der Waals surface area contributed by atoms with Crippen LogP contribution in [0.25, 0.3) is 5.82 Å². The van der Waals surface area contributed by atoms with Gasteiger partial charge in [-0.05, 0) is 6.07 Å². The monoisotopic (exact) mass is 346 g/mol. The molecule has 8 nitrogen and oxygen atoms in total. The van der Waals surface area contributed by atoms with Gasteiger partial charge < -0.3 is 19.6 Å². The summed E-state index contributed by atoms with van der Waals surface area (Å²) < 4.78 is 25.9. The molecule has 4 N–H and O–H groups in total. The van der Waals surface area contributed by atoms with Crippen molar-refractivity contribution in [2.75, 3.05) is 0 Å². The molecule has 0 bridgehead atoms. The van der Waals surface area contributed by atoms with Crippen LogP contribution in [0.1, 0.15) is 0 Å².